The van der Waals surface area contributed by atoms with Crippen molar-refractivity contribution >= 4 is 5.82 Å². The summed E-state index contributed by atoms with van der Waals surface area (Å²) in [5, 5.41) is 3.23. The Hall–Kier alpha value is -1.32. The van der Waals surface area contributed by atoms with Gasteiger partial charge in [-0.1, -0.05) is 20.3 Å². The van der Waals surface area contributed by atoms with E-state index in [0.29, 0.717) is 11.9 Å². The summed E-state index contributed by atoms with van der Waals surface area (Å²) in [7, 11) is 0. The highest BCUT2D eigenvalue weighted by atomic mass is 16.1. The zero-order valence-corrected chi connectivity index (χ0v) is 9.63. The highest BCUT2D eigenvalue weighted by Crippen LogP contribution is 2.05. The average molecular weight is 209 g/mol. The van der Waals surface area contributed by atoms with Crippen LogP contribution in [0.2, 0.25) is 0 Å². The third-order valence-corrected chi connectivity index (χ3v) is 2.24. The molecule has 0 bridgehead atoms. The maximum atomic E-state index is 11.3. The first-order chi connectivity index (χ1) is 7.15. The first-order valence-electron chi connectivity index (χ1n) is 5.52. The fraction of sp³-hybridized carbons (Fsp3) is 0.636. The number of aromatic nitrogens is 2. The van der Waals surface area contributed by atoms with Crippen LogP contribution in [-0.4, -0.2) is 16.0 Å². The molecule has 1 atom stereocenters. The van der Waals surface area contributed by atoms with Gasteiger partial charge in [-0.15, -0.1) is 0 Å². The minimum atomic E-state index is -0.0898. The third kappa shape index (κ3) is 3.73. The van der Waals surface area contributed by atoms with E-state index in [-0.39, 0.29) is 5.56 Å². The molecule has 0 fully saturated rings. The topological polar surface area (TPSA) is 57.8 Å². The van der Waals surface area contributed by atoms with Gasteiger partial charge in [0.1, 0.15) is 11.6 Å². The minimum absolute atomic E-state index is 0.0898. The molecule has 2 N–H and O–H groups in total. The summed E-state index contributed by atoms with van der Waals surface area (Å²) in [5.74, 6) is 1.41. The molecule has 0 aliphatic carbocycles. The maximum Gasteiger partial charge on any atom is 0.252 e. The van der Waals surface area contributed by atoms with Crippen LogP contribution in [0.25, 0.3) is 0 Å². The van der Waals surface area contributed by atoms with Crippen molar-refractivity contribution in [2.45, 2.75) is 46.1 Å². The smallest absolute Gasteiger partial charge is 0.252 e. The van der Waals surface area contributed by atoms with E-state index >= 15 is 0 Å². The molecule has 4 heteroatoms. The van der Waals surface area contributed by atoms with Gasteiger partial charge < -0.3 is 10.3 Å². The predicted octanol–water partition coefficient (Wildman–Crippen LogP) is 1.93. The Morgan fingerprint density at radius 3 is 2.87 bits per heavy atom. The molecule has 84 valence electrons. The summed E-state index contributed by atoms with van der Waals surface area (Å²) < 4.78 is 0. The molecule has 1 unspecified atom stereocenters. The Bertz CT molecular complexity index is 359. The van der Waals surface area contributed by atoms with E-state index in [0.717, 1.165) is 25.1 Å². The molecule has 0 amide bonds. The molecular weight excluding hydrogens is 190 g/mol. The number of nitrogens with zero attached hydrogens (tertiary/aromatic N) is 1. The normalized spacial score (nSPS) is 12.5. The van der Waals surface area contributed by atoms with Gasteiger partial charge in [0.2, 0.25) is 0 Å². The standard InChI is InChI=1S/C11H19N3O/c1-4-6-8(3)12-10-7-11(15)14-9(5-2)13-10/h7-8H,4-6H2,1-3H3,(H2,12,13,14,15). The lowest BCUT2D eigenvalue weighted by Gasteiger charge is -2.13. The third-order valence-electron chi connectivity index (χ3n) is 2.24. The molecule has 1 aromatic rings. The van der Waals surface area contributed by atoms with Crippen LogP contribution in [0, 0.1) is 0 Å². The number of anilines is 1. The Kier molecular flexibility index (Phi) is 4.34. The average Bonchev–Trinajstić information content (AvgIpc) is 2.17. The number of aryl methyl sites for hydroxylation is 1. The van der Waals surface area contributed by atoms with Crippen molar-refractivity contribution in [1.29, 1.82) is 0 Å². The second-order valence-electron chi connectivity index (χ2n) is 3.76. The van der Waals surface area contributed by atoms with Crippen LogP contribution in [0.4, 0.5) is 5.82 Å². The number of H-pyrrole nitrogens is 1. The van der Waals surface area contributed by atoms with E-state index < -0.39 is 0 Å². The Labute approximate surface area is 90.1 Å². The fourth-order valence-electron chi connectivity index (χ4n) is 1.51. The predicted molar refractivity (Wildman–Crippen MR) is 62.2 cm³/mol. The second-order valence-corrected chi connectivity index (χ2v) is 3.76. The van der Waals surface area contributed by atoms with Crippen LogP contribution in [0.5, 0.6) is 0 Å². The second kappa shape index (κ2) is 5.53. The van der Waals surface area contributed by atoms with Crippen molar-refractivity contribution in [3.8, 4) is 0 Å². The highest BCUT2D eigenvalue weighted by Gasteiger charge is 2.03. The van der Waals surface area contributed by atoms with Crippen molar-refractivity contribution in [3.63, 3.8) is 0 Å². The lowest BCUT2D eigenvalue weighted by molar-refractivity contribution is 0.685. The van der Waals surface area contributed by atoms with Gasteiger partial charge in [0.15, 0.2) is 0 Å². The van der Waals surface area contributed by atoms with Gasteiger partial charge in [0.25, 0.3) is 5.56 Å². The molecule has 0 aliphatic rings. The molecule has 0 saturated heterocycles. The molecule has 15 heavy (non-hydrogen) atoms. The van der Waals surface area contributed by atoms with Crippen LogP contribution in [0.15, 0.2) is 10.9 Å². The Morgan fingerprint density at radius 2 is 2.27 bits per heavy atom. The number of aromatic amines is 1. The molecule has 0 saturated carbocycles. The molecule has 0 spiro atoms. The van der Waals surface area contributed by atoms with E-state index in [9.17, 15) is 4.79 Å². The molecule has 0 aliphatic heterocycles. The van der Waals surface area contributed by atoms with Crippen LogP contribution < -0.4 is 10.9 Å². The van der Waals surface area contributed by atoms with Crippen LogP contribution in [-0.2, 0) is 6.42 Å². The van der Waals surface area contributed by atoms with Crippen molar-refractivity contribution in [3.05, 3.63) is 22.2 Å². The molecule has 0 radical (unpaired) electrons. The lowest BCUT2D eigenvalue weighted by Crippen LogP contribution is -2.19. The zero-order valence-electron chi connectivity index (χ0n) is 9.63. The molecule has 1 heterocycles. The first-order valence-corrected chi connectivity index (χ1v) is 5.52. The van der Waals surface area contributed by atoms with E-state index in [1.807, 2.05) is 6.92 Å². The summed E-state index contributed by atoms with van der Waals surface area (Å²) >= 11 is 0. The number of hydrogen-bond acceptors (Lipinski definition) is 3. The van der Waals surface area contributed by atoms with Crippen LogP contribution in [0.1, 0.15) is 39.4 Å². The fourth-order valence-corrected chi connectivity index (χ4v) is 1.51. The number of rotatable bonds is 5. The van der Waals surface area contributed by atoms with E-state index in [1.54, 1.807) is 0 Å². The first kappa shape index (κ1) is 11.8. The summed E-state index contributed by atoms with van der Waals surface area (Å²) in [5.41, 5.74) is -0.0898. The van der Waals surface area contributed by atoms with Gasteiger partial charge in [-0.05, 0) is 13.3 Å². The Balaban J connectivity index is 2.76. The van der Waals surface area contributed by atoms with E-state index in [2.05, 4.69) is 29.1 Å². The van der Waals surface area contributed by atoms with Crippen LogP contribution >= 0.6 is 0 Å². The lowest BCUT2D eigenvalue weighted by atomic mass is 10.2. The summed E-state index contributed by atoms with van der Waals surface area (Å²) in [6.45, 7) is 6.20. The largest absolute Gasteiger partial charge is 0.367 e. The minimum Gasteiger partial charge on any atom is -0.367 e. The van der Waals surface area contributed by atoms with Gasteiger partial charge in [0, 0.05) is 18.5 Å². The monoisotopic (exact) mass is 209 g/mol. The van der Waals surface area contributed by atoms with Gasteiger partial charge >= 0.3 is 0 Å². The molecular formula is C11H19N3O. The quantitative estimate of drug-likeness (QED) is 0.779. The van der Waals surface area contributed by atoms with Gasteiger partial charge in [0.05, 0.1) is 0 Å². The molecule has 0 aromatic carbocycles. The van der Waals surface area contributed by atoms with Crippen molar-refractivity contribution < 1.29 is 0 Å². The van der Waals surface area contributed by atoms with Crippen LogP contribution in [0.3, 0.4) is 0 Å². The molecule has 1 rings (SSSR count). The highest BCUT2D eigenvalue weighted by molar-refractivity contribution is 5.33. The van der Waals surface area contributed by atoms with Crippen molar-refractivity contribution in [2.75, 3.05) is 5.32 Å². The van der Waals surface area contributed by atoms with Crippen molar-refractivity contribution in [1.82, 2.24) is 9.97 Å². The maximum absolute atomic E-state index is 11.3. The van der Waals surface area contributed by atoms with Crippen molar-refractivity contribution in [2.24, 2.45) is 0 Å². The van der Waals surface area contributed by atoms with E-state index in [1.165, 1.54) is 6.07 Å². The summed E-state index contributed by atoms with van der Waals surface area (Å²) in [6.07, 6.45) is 2.95. The zero-order chi connectivity index (χ0) is 11.3. The Morgan fingerprint density at radius 1 is 1.53 bits per heavy atom. The molecule has 4 nitrogen and oxygen atoms in total. The summed E-state index contributed by atoms with van der Waals surface area (Å²) in [4.78, 5) is 18.3. The number of nitrogens with one attached hydrogen (secondary N) is 2. The molecule has 1 aromatic heterocycles. The van der Waals surface area contributed by atoms with Gasteiger partial charge in [-0.25, -0.2) is 4.98 Å². The summed E-state index contributed by atoms with van der Waals surface area (Å²) in [6, 6.07) is 1.86. The van der Waals surface area contributed by atoms with Gasteiger partial charge in [-0.2, -0.15) is 0 Å². The number of hydrogen-bond donors (Lipinski definition) is 2. The SMILES string of the molecule is CCCC(C)Nc1cc(=O)[nH]c(CC)n1. The van der Waals surface area contributed by atoms with Gasteiger partial charge in [-0.3, -0.25) is 4.79 Å². The van der Waals surface area contributed by atoms with E-state index in [4.69, 9.17) is 0 Å².